The SMILES string of the molecule is CC[C@@H](CO)N1C(=O)[C@@H]2[C@H]3C(=O)OCCC/C=C\[C@@]3(C)O[C@@]23C=CCN(c2c(C)cccc2Cl)C(=O)C13. The number of carbonyl (C=O) groups excluding carboxylic acids is 3. The van der Waals surface area contributed by atoms with Gasteiger partial charge in [0.15, 0.2) is 0 Å². The molecule has 198 valence electrons. The molecule has 1 N–H and O–H groups in total. The highest BCUT2D eigenvalue weighted by molar-refractivity contribution is 6.34. The highest BCUT2D eigenvalue weighted by Crippen LogP contribution is 2.57. The quantitative estimate of drug-likeness (QED) is 0.476. The van der Waals surface area contributed by atoms with Crippen molar-refractivity contribution in [2.75, 3.05) is 24.7 Å². The van der Waals surface area contributed by atoms with E-state index in [9.17, 15) is 19.5 Å². The standard InChI is InChI=1S/C28H33ClN2O6/c1-4-18(16-32)31-23-25(34)30(22-17(2)10-8-11-19(22)29)14-9-13-28(23)20(24(31)33)21-26(35)36-15-7-5-6-12-27(21,3)37-28/h6,8-13,18,20-21,23,32H,4-5,7,14-16H2,1-3H3/b12-6-/t18-,20-,21-,23?,27+,28-/m0/s1. The first-order valence-corrected chi connectivity index (χ1v) is 13.3. The Kier molecular flexibility index (Phi) is 6.71. The Bertz CT molecular complexity index is 1160. The number of esters is 1. The third-order valence-electron chi connectivity index (χ3n) is 8.22. The molecule has 37 heavy (non-hydrogen) atoms. The number of rotatable bonds is 4. The van der Waals surface area contributed by atoms with Gasteiger partial charge >= 0.3 is 5.97 Å². The Morgan fingerprint density at radius 1 is 1.16 bits per heavy atom. The smallest absolute Gasteiger partial charge is 0.313 e. The number of hydrogen-bond acceptors (Lipinski definition) is 6. The fraction of sp³-hybridized carbons (Fsp3) is 0.536. The first-order valence-electron chi connectivity index (χ1n) is 12.9. The maximum absolute atomic E-state index is 14.5. The van der Waals surface area contributed by atoms with E-state index in [0.717, 1.165) is 5.56 Å². The monoisotopic (exact) mass is 528 g/mol. The first-order chi connectivity index (χ1) is 17.7. The summed E-state index contributed by atoms with van der Waals surface area (Å²) in [7, 11) is 0. The number of hydrogen-bond donors (Lipinski definition) is 1. The third-order valence-corrected chi connectivity index (χ3v) is 8.53. The van der Waals surface area contributed by atoms with Gasteiger partial charge in [-0.15, -0.1) is 0 Å². The number of nitrogens with zero attached hydrogens (tertiary/aromatic N) is 2. The fourth-order valence-electron chi connectivity index (χ4n) is 6.55. The lowest BCUT2D eigenvalue weighted by Crippen LogP contribution is -2.59. The third kappa shape index (κ3) is 3.83. The highest BCUT2D eigenvalue weighted by atomic mass is 35.5. The number of para-hydroxylation sites is 1. The van der Waals surface area contributed by atoms with Gasteiger partial charge in [0.1, 0.15) is 17.6 Å². The summed E-state index contributed by atoms with van der Waals surface area (Å²) in [6, 6.07) is 3.70. The summed E-state index contributed by atoms with van der Waals surface area (Å²) in [5, 5.41) is 10.7. The molecule has 0 aromatic heterocycles. The van der Waals surface area contributed by atoms with Crippen LogP contribution in [0.1, 0.15) is 38.7 Å². The maximum Gasteiger partial charge on any atom is 0.313 e. The number of carbonyl (C=O) groups is 3. The Morgan fingerprint density at radius 3 is 2.65 bits per heavy atom. The lowest BCUT2D eigenvalue weighted by Gasteiger charge is -2.40. The molecule has 0 aliphatic carbocycles. The van der Waals surface area contributed by atoms with Gasteiger partial charge in [-0.2, -0.15) is 0 Å². The van der Waals surface area contributed by atoms with Crippen molar-refractivity contribution in [3.05, 3.63) is 53.1 Å². The van der Waals surface area contributed by atoms with E-state index in [1.54, 1.807) is 24.0 Å². The number of ether oxygens (including phenoxy) is 2. The van der Waals surface area contributed by atoms with Gasteiger partial charge in [0.05, 0.1) is 41.5 Å². The van der Waals surface area contributed by atoms with Crippen LogP contribution in [0.25, 0.3) is 0 Å². The number of aliphatic hydroxyl groups is 1. The molecule has 9 heteroatoms. The van der Waals surface area contributed by atoms with Gasteiger partial charge in [-0.25, -0.2) is 0 Å². The Hall–Kier alpha value is -2.68. The maximum atomic E-state index is 14.5. The molecule has 0 bridgehead atoms. The number of amides is 2. The van der Waals surface area contributed by atoms with Crippen molar-refractivity contribution in [2.24, 2.45) is 11.8 Å². The number of benzene rings is 1. The van der Waals surface area contributed by atoms with Gasteiger partial charge in [-0.3, -0.25) is 14.4 Å². The number of anilines is 1. The number of fused-ring (bicyclic) bond motifs is 2. The minimum atomic E-state index is -1.41. The molecule has 8 nitrogen and oxygen atoms in total. The van der Waals surface area contributed by atoms with Crippen LogP contribution in [0.15, 0.2) is 42.5 Å². The topological polar surface area (TPSA) is 96.4 Å². The van der Waals surface area contributed by atoms with Crippen molar-refractivity contribution in [3.63, 3.8) is 0 Å². The number of allylic oxidation sites excluding steroid dienone is 1. The minimum Gasteiger partial charge on any atom is -0.465 e. The summed E-state index contributed by atoms with van der Waals surface area (Å²) < 4.78 is 12.4. The second kappa shape index (κ2) is 9.57. The molecule has 2 amide bonds. The molecule has 1 unspecified atom stereocenters. The summed E-state index contributed by atoms with van der Waals surface area (Å²) in [5.41, 5.74) is -1.18. The number of aliphatic hydroxyl groups excluding tert-OH is 1. The number of cyclic esters (lactones) is 1. The molecule has 2 fully saturated rings. The predicted octanol–water partition coefficient (Wildman–Crippen LogP) is 3.19. The van der Waals surface area contributed by atoms with E-state index in [0.29, 0.717) is 30.0 Å². The van der Waals surface area contributed by atoms with E-state index in [1.807, 2.05) is 44.2 Å². The van der Waals surface area contributed by atoms with Crippen molar-refractivity contribution < 1.29 is 29.0 Å². The normalized spacial score (nSPS) is 35.1. The van der Waals surface area contributed by atoms with Crippen LogP contribution < -0.4 is 4.90 Å². The van der Waals surface area contributed by atoms with E-state index in [-0.39, 0.29) is 31.6 Å². The van der Waals surface area contributed by atoms with Gasteiger partial charge in [0, 0.05) is 6.54 Å². The van der Waals surface area contributed by atoms with Crippen molar-refractivity contribution in [3.8, 4) is 0 Å². The van der Waals surface area contributed by atoms with E-state index in [2.05, 4.69) is 0 Å². The zero-order valence-corrected chi connectivity index (χ0v) is 22.1. The van der Waals surface area contributed by atoms with Gasteiger partial charge in [0.25, 0.3) is 5.91 Å². The van der Waals surface area contributed by atoms with Crippen molar-refractivity contribution in [1.29, 1.82) is 0 Å². The zero-order chi connectivity index (χ0) is 26.5. The summed E-state index contributed by atoms with van der Waals surface area (Å²) in [6.07, 6.45) is 9.19. The van der Waals surface area contributed by atoms with Crippen LogP contribution in [-0.4, -0.2) is 70.8 Å². The van der Waals surface area contributed by atoms with Crippen LogP contribution in [0.3, 0.4) is 0 Å². The summed E-state index contributed by atoms with van der Waals surface area (Å²) in [4.78, 5) is 45.2. The number of halogens is 1. The average molecular weight is 529 g/mol. The number of aryl methyl sites for hydroxylation is 1. The lowest BCUT2D eigenvalue weighted by molar-refractivity contribution is -0.159. The minimum absolute atomic E-state index is 0.220. The van der Waals surface area contributed by atoms with Crippen LogP contribution in [0.2, 0.25) is 5.02 Å². The van der Waals surface area contributed by atoms with E-state index in [4.69, 9.17) is 21.1 Å². The lowest BCUT2D eigenvalue weighted by atomic mass is 9.74. The molecule has 4 aliphatic rings. The van der Waals surface area contributed by atoms with Gasteiger partial charge in [-0.1, -0.05) is 55.0 Å². The molecular formula is C28H33ClN2O6. The molecule has 1 aromatic rings. The summed E-state index contributed by atoms with van der Waals surface area (Å²) in [6.45, 7) is 5.65. The molecule has 0 radical (unpaired) electrons. The molecule has 1 spiro atoms. The Balaban J connectivity index is 1.70. The summed E-state index contributed by atoms with van der Waals surface area (Å²) in [5.74, 6) is -3.18. The number of likely N-dealkylation sites (tertiary alicyclic amines) is 1. The van der Waals surface area contributed by atoms with Crippen molar-refractivity contribution >= 4 is 35.1 Å². The van der Waals surface area contributed by atoms with Crippen molar-refractivity contribution in [2.45, 2.75) is 63.3 Å². The molecule has 1 aromatic carbocycles. The van der Waals surface area contributed by atoms with E-state index in [1.165, 1.54) is 4.90 Å². The molecule has 2 saturated heterocycles. The largest absolute Gasteiger partial charge is 0.465 e. The zero-order valence-electron chi connectivity index (χ0n) is 21.4. The fourth-order valence-corrected chi connectivity index (χ4v) is 6.87. The summed E-state index contributed by atoms with van der Waals surface area (Å²) >= 11 is 6.57. The molecule has 5 rings (SSSR count). The van der Waals surface area contributed by atoms with Gasteiger partial charge in [0.2, 0.25) is 5.91 Å². The predicted molar refractivity (Wildman–Crippen MR) is 138 cm³/mol. The van der Waals surface area contributed by atoms with Crippen LogP contribution >= 0.6 is 11.6 Å². The molecule has 0 saturated carbocycles. The van der Waals surface area contributed by atoms with Crippen LogP contribution in [0.4, 0.5) is 5.69 Å². The highest BCUT2D eigenvalue weighted by Gasteiger charge is 2.75. The van der Waals surface area contributed by atoms with E-state index >= 15 is 0 Å². The second-order valence-corrected chi connectivity index (χ2v) is 10.9. The second-order valence-electron chi connectivity index (χ2n) is 10.5. The molecular weight excluding hydrogens is 496 g/mol. The van der Waals surface area contributed by atoms with Gasteiger partial charge < -0.3 is 24.4 Å². The molecule has 6 atom stereocenters. The van der Waals surface area contributed by atoms with Crippen LogP contribution in [0, 0.1) is 18.8 Å². The van der Waals surface area contributed by atoms with Crippen LogP contribution in [0.5, 0.6) is 0 Å². The first kappa shape index (κ1) is 25.9. The van der Waals surface area contributed by atoms with Gasteiger partial charge in [-0.05, 0) is 44.7 Å². The molecule has 4 aliphatic heterocycles. The molecule has 4 heterocycles. The Morgan fingerprint density at radius 2 is 1.95 bits per heavy atom. The Labute approximate surface area is 221 Å². The van der Waals surface area contributed by atoms with Crippen LogP contribution in [-0.2, 0) is 23.9 Å². The average Bonchev–Trinajstić information content (AvgIpc) is 3.21. The van der Waals surface area contributed by atoms with Crippen molar-refractivity contribution in [1.82, 2.24) is 4.90 Å². The van der Waals surface area contributed by atoms with E-state index < -0.39 is 41.1 Å².